The molecule has 0 bridgehead atoms. The van der Waals surface area contributed by atoms with Crippen molar-refractivity contribution in [3.63, 3.8) is 0 Å². The summed E-state index contributed by atoms with van der Waals surface area (Å²) in [7, 11) is 3.96. The maximum absolute atomic E-state index is 12.7. The van der Waals surface area contributed by atoms with Gasteiger partial charge in [-0.25, -0.2) is 0 Å². The van der Waals surface area contributed by atoms with Crippen LogP contribution in [0.4, 0.5) is 0 Å². The number of rotatable bonds is 2. The van der Waals surface area contributed by atoms with E-state index >= 15 is 0 Å². The van der Waals surface area contributed by atoms with Gasteiger partial charge in [-0.3, -0.25) is 4.79 Å². The lowest BCUT2D eigenvalue weighted by Gasteiger charge is -2.39. The lowest BCUT2D eigenvalue weighted by atomic mass is 9.80. The maximum Gasteiger partial charge on any atom is 0.243 e. The van der Waals surface area contributed by atoms with Crippen molar-refractivity contribution in [3.8, 4) is 6.07 Å². The Morgan fingerprint density at radius 1 is 1.37 bits per heavy atom. The van der Waals surface area contributed by atoms with E-state index in [1.165, 1.54) is 0 Å². The van der Waals surface area contributed by atoms with E-state index < -0.39 is 5.41 Å². The largest absolute Gasteiger partial charge is 0.381 e. The van der Waals surface area contributed by atoms with Gasteiger partial charge >= 0.3 is 0 Å². The summed E-state index contributed by atoms with van der Waals surface area (Å²) in [5.41, 5.74) is -0.851. The van der Waals surface area contributed by atoms with Gasteiger partial charge in [0.2, 0.25) is 5.91 Å². The normalized spacial score (nSPS) is 24.7. The molecule has 0 aliphatic carbocycles. The van der Waals surface area contributed by atoms with E-state index in [4.69, 9.17) is 4.74 Å². The zero-order valence-electron chi connectivity index (χ0n) is 11.9. The molecular formula is C14H23N3O2. The number of likely N-dealkylation sites (tertiary alicyclic amines) is 1. The van der Waals surface area contributed by atoms with Gasteiger partial charge in [0.15, 0.2) is 0 Å². The van der Waals surface area contributed by atoms with E-state index in [9.17, 15) is 10.1 Å². The molecule has 0 aromatic rings. The van der Waals surface area contributed by atoms with Crippen LogP contribution in [0.3, 0.4) is 0 Å². The minimum absolute atomic E-state index is 0.00662. The van der Waals surface area contributed by atoms with Crippen LogP contribution in [0.2, 0.25) is 0 Å². The van der Waals surface area contributed by atoms with E-state index in [0.29, 0.717) is 26.1 Å². The highest BCUT2D eigenvalue weighted by atomic mass is 16.5. The number of nitriles is 1. The number of ether oxygens (including phenoxy) is 1. The molecule has 2 saturated heterocycles. The molecule has 2 rings (SSSR count). The number of nitrogens with zero attached hydrogens (tertiary/aromatic N) is 3. The zero-order chi connectivity index (χ0) is 13.9. The van der Waals surface area contributed by atoms with Crippen molar-refractivity contribution in [2.24, 2.45) is 5.41 Å². The van der Waals surface area contributed by atoms with Crippen LogP contribution in [-0.2, 0) is 9.53 Å². The summed E-state index contributed by atoms with van der Waals surface area (Å²) < 4.78 is 5.29. The van der Waals surface area contributed by atoms with Crippen LogP contribution in [0.5, 0.6) is 0 Å². The van der Waals surface area contributed by atoms with Crippen LogP contribution >= 0.6 is 0 Å². The number of amides is 1. The zero-order valence-corrected chi connectivity index (χ0v) is 11.9. The molecule has 106 valence electrons. The highest BCUT2D eigenvalue weighted by Crippen LogP contribution is 2.33. The predicted molar refractivity (Wildman–Crippen MR) is 71.4 cm³/mol. The molecule has 2 aliphatic heterocycles. The first kappa shape index (κ1) is 14.3. The molecule has 5 nitrogen and oxygen atoms in total. The van der Waals surface area contributed by atoms with E-state index in [-0.39, 0.29) is 11.9 Å². The molecule has 0 radical (unpaired) electrons. The Morgan fingerprint density at radius 3 is 2.47 bits per heavy atom. The highest BCUT2D eigenvalue weighted by molar-refractivity contribution is 5.85. The Bertz CT molecular complexity index is 363. The molecule has 1 amide bonds. The minimum Gasteiger partial charge on any atom is -0.381 e. The van der Waals surface area contributed by atoms with Gasteiger partial charge < -0.3 is 14.5 Å². The monoisotopic (exact) mass is 265 g/mol. The van der Waals surface area contributed by atoms with Gasteiger partial charge in [0.1, 0.15) is 5.41 Å². The van der Waals surface area contributed by atoms with E-state index in [1.807, 2.05) is 11.9 Å². The third kappa shape index (κ3) is 2.90. The Kier molecular flexibility index (Phi) is 4.43. The first-order valence-electron chi connectivity index (χ1n) is 7.04. The van der Waals surface area contributed by atoms with Crippen molar-refractivity contribution in [1.82, 2.24) is 9.80 Å². The summed E-state index contributed by atoms with van der Waals surface area (Å²) in [6.07, 6.45) is 3.05. The van der Waals surface area contributed by atoms with E-state index in [0.717, 1.165) is 25.9 Å². The highest BCUT2D eigenvalue weighted by Gasteiger charge is 2.43. The van der Waals surface area contributed by atoms with Crippen LogP contribution in [-0.4, -0.2) is 62.1 Å². The number of carbonyl (C=O) groups excluding carboxylic acids is 1. The van der Waals surface area contributed by atoms with Gasteiger partial charge in [-0.2, -0.15) is 5.26 Å². The summed E-state index contributed by atoms with van der Waals surface area (Å²) in [4.78, 5) is 16.8. The fourth-order valence-corrected chi connectivity index (χ4v) is 2.98. The molecule has 0 N–H and O–H groups in total. The van der Waals surface area contributed by atoms with Crippen LogP contribution in [0, 0.1) is 16.7 Å². The van der Waals surface area contributed by atoms with Crippen molar-refractivity contribution >= 4 is 5.91 Å². The average Bonchev–Trinajstić information content (AvgIpc) is 2.47. The van der Waals surface area contributed by atoms with Crippen molar-refractivity contribution in [2.45, 2.75) is 31.7 Å². The van der Waals surface area contributed by atoms with Gasteiger partial charge in [0.25, 0.3) is 0 Å². The third-order valence-corrected chi connectivity index (χ3v) is 4.53. The van der Waals surface area contributed by atoms with E-state index in [1.54, 1.807) is 0 Å². The standard InChI is InChI=1S/C14H23N3O2/c1-16-7-3-12(4-8-16)17(2)13(18)14(11-15)5-9-19-10-6-14/h12H,3-10H2,1-2H3. The van der Waals surface area contributed by atoms with Crippen molar-refractivity contribution in [3.05, 3.63) is 0 Å². The summed E-state index contributed by atoms with van der Waals surface area (Å²) in [5, 5.41) is 9.44. The van der Waals surface area contributed by atoms with Crippen LogP contribution in [0.25, 0.3) is 0 Å². The quantitative estimate of drug-likeness (QED) is 0.743. The van der Waals surface area contributed by atoms with Gasteiger partial charge in [-0.05, 0) is 45.8 Å². The maximum atomic E-state index is 12.7. The van der Waals surface area contributed by atoms with Crippen molar-refractivity contribution in [1.29, 1.82) is 5.26 Å². The first-order chi connectivity index (χ1) is 9.09. The SMILES string of the molecule is CN1CCC(N(C)C(=O)C2(C#N)CCOCC2)CC1. The molecule has 0 aromatic carbocycles. The molecular weight excluding hydrogens is 242 g/mol. The minimum atomic E-state index is -0.851. The second kappa shape index (κ2) is 5.89. The first-order valence-corrected chi connectivity index (χ1v) is 7.04. The lowest BCUT2D eigenvalue weighted by molar-refractivity contribution is -0.145. The Hall–Kier alpha value is -1.12. The Morgan fingerprint density at radius 2 is 1.95 bits per heavy atom. The summed E-state index contributed by atoms with van der Waals surface area (Å²) in [5.74, 6) is -0.00662. The van der Waals surface area contributed by atoms with E-state index in [2.05, 4.69) is 18.0 Å². The van der Waals surface area contributed by atoms with Gasteiger partial charge in [0, 0.05) is 26.3 Å². The van der Waals surface area contributed by atoms with Crippen molar-refractivity contribution < 1.29 is 9.53 Å². The smallest absolute Gasteiger partial charge is 0.243 e. The number of hydrogen-bond donors (Lipinski definition) is 0. The van der Waals surface area contributed by atoms with Crippen molar-refractivity contribution in [2.75, 3.05) is 40.4 Å². The summed E-state index contributed by atoms with van der Waals surface area (Å²) in [6.45, 7) is 3.07. The fourth-order valence-electron chi connectivity index (χ4n) is 2.98. The molecule has 0 saturated carbocycles. The molecule has 2 heterocycles. The molecule has 2 aliphatic rings. The number of carbonyl (C=O) groups is 1. The molecule has 5 heteroatoms. The predicted octanol–water partition coefficient (Wildman–Crippen LogP) is 0.859. The molecule has 0 unspecified atom stereocenters. The molecule has 0 atom stereocenters. The summed E-state index contributed by atoms with van der Waals surface area (Å²) in [6, 6.07) is 2.54. The molecule has 19 heavy (non-hydrogen) atoms. The molecule has 0 aromatic heterocycles. The van der Waals surface area contributed by atoms with Crippen LogP contribution < -0.4 is 0 Å². The lowest BCUT2D eigenvalue weighted by Crippen LogP contribution is -2.51. The Labute approximate surface area is 115 Å². The second-order valence-corrected chi connectivity index (χ2v) is 5.76. The molecule has 0 spiro atoms. The van der Waals surface area contributed by atoms with Crippen LogP contribution in [0.15, 0.2) is 0 Å². The number of hydrogen-bond acceptors (Lipinski definition) is 4. The van der Waals surface area contributed by atoms with Gasteiger partial charge in [-0.1, -0.05) is 0 Å². The fraction of sp³-hybridized carbons (Fsp3) is 0.857. The number of piperidine rings is 1. The third-order valence-electron chi connectivity index (χ3n) is 4.53. The van der Waals surface area contributed by atoms with Gasteiger partial charge in [-0.15, -0.1) is 0 Å². The van der Waals surface area contributed by atoms with Crippen LogP contribution in [0.1, 0.15) is 25.7 Å². The Balaban J connectivity index is 2.03. The molecule has 2 fully saturated rings. The topological polar surface area (TPSA) is 56.6 Å². The average molecular weight is 265 g/mol. The second-order valence-electron chi connectivity index (χ2n) is 5.76. The van der Waals surface area contributed by atoms with Gasteiger partial charge in [0.05, 0.1) is 6.07 Å². The summed E-state index contributed by atoms with van der Waals surface area (Å²) >= 11 is 0.